The first-order valence-electron chi connectivity index (χ1n) is 12.1. The fraction of sp³-hybridized carbons (Fsp3) is 0.200. The summed E-state index contributed by atoms with van der Waals surface area (Å²) in [6, 6.07) is 7.93. The van der Waals surface area contributed by atoms with Gasteiger partial charge >= 0.3 is 0 Å². The Morgan fingerprint density at radius 3 is 1.29 bits per heavy atom. The highest BCUT2D eigenvalue weighted by Crippen LogP contribution is 2.27. The Balaban J connectivity index is 0.000000280. The third-order valence-corrected chi connectivity index (χ3v) is 6.96. The standard InChI is InChI=1S/C8H9ClFN.C8H9F2N.C7H7ClFN.C7H7F2N/c1-4-3-6(11)7(9)5(2)8(4)10;1-4-3-6(11)8(10)5(2)7(4)9;1-4-5(9)2-3-6(10)7(4)8;1-4-5(8)2-3-6(10)7(4)9/h2*3H,11H2,1-2H3;2*2-3H,10H2,1H3. The number of hydrogen-bond acceptors (Lipinski definition) is 4. The molecule has 0 aromatic heterocycles. The zero-order valence-corrected chi connectivity index (χ0v) is 25.3. The van der Waals surface area contributed by atoms with Crippen LogP contribution in [0.1, 0.15) is 33.4 Å². The Morgan fingerprint density at radius 2 is 0.810 bits per heavy atom. The fourth-order valence-corrected chi connectivity index (χ4v) is 3.59. The molecule has 0 aliphatic heterocycles. The second-order valence-corrected chi connectivity index (χ2v) is 9.98. The van der Waals surface area contributed by atoms with Crippen LogP contribution >= 0.6 is 23.2 Å². The monoisotopic (exact) mass is 632 g/mol. The molecule has 4 aromatic carbocycles. The van der Waals surface area contributed by atoms with Gasteiger partial charge in [-0.15, -0.1) is 0 Å². The molecular formula is C30H32Cl2F6N4. The Kier molecular flexibility index (Phi) is 13.4. The van der Waals surface area contributed by atoms with E-state index in [1.165, 1.54) is 44.2 Å². The number of hydrogen-bond donors (Lipinski definition) is 4. The van der Waals surface area contributed by atoms with E-state index in [1.54, 1.807) is 27.7 Å². The Morgan fingerprint density at radius 1 is 0.429 bits per heavy atom. The van der Waals surface area contributed by atoms with Crippen LogP contribution in [0, 0.1) is 76.4 Å². The second-order valence-electron chi connectivity index (χ2n) is 9.22. The molecule has 0 atom stereocenters. The van der Waals surface area contributed by atoms with Gasteiger partial charge in [-0.25, -0.2) is 26.3 Å². The van der Waals surface area contributed by atoms with Gasteiger partial charge in [0.15, 0.2) is 11.6 Å². The van der Waals surface area contributed by atoms with Crippen LogP contribution in [0.5, 0.6) is 0 Å². The van der Waals surface area contributed by atoms with Crippen LogP contribution in [0.4, 0.5) is 49.1 Å². The Bertz CT molecular complexity index is 1360. The average Bonchev–Trinajstić information content (AvgIpc) is 2.95. The highest BCUT2D eigenvalue weighted by molar-refractivity contribution is 6.34. The van der Waals surface area contributed by atoms with E-state index in [0.29, 0.717) is 43.7 Å². The van der Waals surface area contributed by atoms with Crippen molar-refractivity contribution in [2.45, 2.75) is 41.5 Å². The first kappa shape index (κ1) is 36.3. The van der Waals surface area contributed by atoms with Gasteiger partial charge in [-0.1, -0.05) is 23.2 Å². The summed E-state index contributed by atoms with van der Waals surface area (Å²) in [5, 5.41) is 0.619. The summed E-state index contributed by atoms with van der Waals surface area (Å²) in [6.07, 6.45) is 0. The number of anilines is 4. The van der Waals surface area contributed by atoms with Crippen molar-refractivity contribution in [2.24, 2.45) is 0 Å². The minimum atomic E-state index is -0.667. The summed E-state index contributed by atoms with van der Waals surface area (Å²) in [6.45, 7) is 9.14. The van der Waals surface area contributed by atoms with E-state index in [-0.39, 0.29) is 34.1 Å². The predicted molar refractivity (Wildman–Crippen MR) is 162 cm³/mol. The number of halogens is 8. The highest BCUT2D eigenvalue weighted by atomic mass is 35.5. The van der Waals surface area contributed by atoms with Crippen LogP contribution in [0.2, 0.25) is 10.0 Å². The molecule has 0 unspecified atom stereocenters. The molecule has 228 valence electrons. The van der Waals surface area contributed by atoms with Gasteiger partial charge in [0.25, 0.3) is 0 Å². The van der Waals surface area contributed by atoms with Crippen LogP contribution < -0.4 is 22.9 Å². The maximum Gasteiger partial charge on any atom is 0.151 e. The van der Waals surface area contributed by atoms with Gasteiger partial charge in [0, 0.05) is 22.3 Å². The topological polar surface area (TPSA) is 104 Å². The lowest BCUT2D eigenvalue weighted by Gasteiger charge is -2.05. The summed E-state index contributed by atoms with van der Waals surface area (Å²) >= 11 is 11.3. The fourth-order valence-electron chi connectivity index (χ4n) is 3.30. The highest BCUT2D eigenvalue weighted by Gasteiger charge is 2.10. The zero-order chi connectivity index (χ0) is 32.6. The zero-order valence-electron chi connectivity index (χ0n) is 23.8. The second kappa shape index (κ2) is 15.5. The first-order valence-corrected chi connectivity index (χ1v) is 12.9. The van der Waals surface area contributed by atoms with Gasteiger partial charge in [0.1, 0.15) is 23.3 Å². The van der Waals surface area contributed by atoms with Crippen molar-refractivity contribution in [2.75, 3.05) is 22.9 Å². The number of benzene rings is 4. The summed E-state index contributed by atoms with van der Waals surface area (Å²) in [5.74, 6) is -3.00. The minimum absolute atomic E-state index is 0.00130. The van der Waals surface area contributed by atoms with Gasteiger partial charge in [0.05, 0.1) is 32.8 Å². The third kappa shape index (κ3) is 9.12. The number of nitrogen functional groups attached to an aromatic ring is 4. The van der Waals surface area contributed by atoms with E-state index < -0.39 is 23.3 Å². The normalized spacial score (nSPS) is 10.0. The van der Waals surface area contributed by atoms with Crippen molar-refractivity contribution < 1.29 is 26.3 Å². The molecule has 0 heterocycles. The molecule has 4 nitrogen and oxygen atoms in total. The van der Waals surface area contributed by atoms with Crippen LogP contribution in [0.3, 0.4) is 0 Å². The van der Waals surface area contributed by atoms with Gasteiger partial charge in [0.2, 0.25) is 0 Å². The van der Waals surface area contributed by atoms with Gasteiger partial charge in [-0.2, -0.15) is 0 Å². The van der Waals surface area contributed by atoms with Gasteiger partial charge in [-0.3, -0.25) is 0 Å². The molecule has 0 bridgehead atoms. The van der Waals surface area contributed by atoms with E-state index in [9.17, 15) is 26.3 Å². The number of nitrogens with two attached hydrogens (primary N) is 4. The van der Waals surface area contributed by atoms with Crippen molar-refractivity contribution >= 4 is 46.0 Å². The largest absolute Gasteiger partial charge is 0.398 e. The van der Waals surface area contributed by atoms with Crippen molar-refractivity contribution in [3.8, 4) is 0 Å². The van der Waals surface area contributed by atoms with Crippen molar-refractivity contribution in [1.29, 1.82) is 0 Å². The summed E-state index contributed by atoms with van der Waals surface area (Å²) in [5.41, 5.74) is 23.8. The van der Waals surface area contributed by atoms with E-state index in [1.807, 2.05) is 0 Å². The summed E-state index contributed by atoms with van der Waals surface area (Å²) < 4.78 is 76.4. The van der Waals surface area contributed by atoms with E-state index in [2.05, 4.69) is 0 Å². The molecule has 4 rings (SSSR count). The molecule has 4 aromatic rings. The van der Waals surface area contributed by atoms with Crippen LogP contribution in [0.25, 0.3) is 0 Å². The first-order chi connectivity index (χ1) is 19.3. The molecular weight excluding hydrogens is 601 g/mol. The lowest BCUT2D eigenvalue weighted by atomic mass is 10.1. The molecule has 12 heteroatoms. The lowest BCUT2D eigenvalue weighted by molar-refractivity contribution is 0.565. The number of aryl methyl sites for hydroxylation is 2. The molecule has 0 fully saturated rings. The molecule has 42 heavy (non-hydrogen) atoms. The van der Waals surface area contributed by atoms with Gasteiger partial charge in [-0.05, 0) is 89.1 Å². The molecule has 0 aliphatic carbocycles. The molecule has 0 amide bonds. The minimum Gasteiger partial charge on any atom is -0.398 e. The van der Waals surface area contributed by atoms with E-state index >= 15 is 0 Å². The summed E-state index contributed by atoms with van der Waals surface area (Å²) in [4.78, 5) is 0. The van der Waals surface area contributed by atoms with E-state index in [4.69, 9.17) is 46.1 Å². The van der Waals surface area contributed by atoms with E-state index in [0.717, 1.165) is 6.07 Å². The van der Waals surface area contributed by atoms with Gasteiger partial charge < -0.3 is 22.9 Å². The quantitative estimate of drug-likeness (QED) is 0.115. The van der Waals surface area contributed by atoms with Crippen molar-refractivity contribution in [1.82, 2.24) is 0 Å². The van der Waals surface area contributed by atoms with Crippen LogP contribution in [-0.4, -0.2) is 0 Å². The average molecular weight is 634 g/mol. The van der Waals surface area contributed by atoms with Crippen molar-refractivity contribution in [3.63, 3.8) is 0 Å². The molecule has 0 saturated carbocycles. The molecule has 0 aliphatic rings. The predicted octanol–water partition coefficient (Wildman–Crippen LogP) is 9.07. The third-order valence-electron chi connectivity index (χ3n) is 5.96. The lowest BCUT2D eigenvalue weighted by Crippen LogP contribution is -1.98. The maximum absolute atomic E-state index is 13.0. The molecule has 0 saturated heterocycles. The Labute approximate surface area is 251 Å². The Hall–Kier alpha value is -3.76. The summed E-state index contributed by atoms with van der Waals surface area (Å²) in [7, 11) is 0. The number of rotatable bonds is 0. The maximum atomic E-state index is 13.0. The molecule has 0 spiro atoms. The SMILES string of the molecule is Cc1c(F)ccc(N)c1Cl.Cc1c(F)ccc(N)c1F.Cc1cc(N)c(Cl)c(C)c1F.Cc1cc(N)c(F)c(C)c1F. The molecule has 8 N–H and O–H groups in total. The molecule has 0 radical (unpaired) electrons. The van der Waals surface area contributed by atoms with Crippen LogP contribution in [-0.2, 0) is 0 Å². The van der Waals surface area contributed by atoms with Crippen LogP contribution in [0.15, 0.2) is 36.4 Å². The van der Waals surface area contributed by atoms with Crippen molar-refractivity contribution in [3.05, 3.63) is 115 Å². The smallest absolute Gasteiger partial charge is 0.151 e.